The van der Waals surface area contributed by atoms with Crippen molar-refractivity contribution in [3.8, 4) is 6.07 Å². The number of hydrogen-bond donors (Lipinski definition) is 1. The zero-order valence-corrected chi connectivity index (χ0v) is 12.6. The highest BCUT2D eigenvalue weighted by Crippen LogP contribution is 2.29. The molecule has 1 saturated heterocycles. The first kappa shape index (κ1) is 15.5. The van der Waals surface area contributed by atoms with Gasteiger partial charge in [0.05, 0.1) is 6.07 Å². The summed E-state index contributed by atoms with van der Waals surface area (Å²) in [6.45, 7) is 10.3. The van der Waals surface area contributed by atoms with E-state index in [2.05, 4.69) is 30.1 Å². The Labute approximate surface area is 113 Å². The van der Waals surface area contributed by atoms with Crippen molar-refractivity contribution in [1.82, 2.24) is 10.2 Å². The van der Waals surface area contributed by atoms with Gasteiger partial charge in [-0.15, -0.1) is 0 Å². The van der Waals surface area contributed by atoms with E-state index in [1.807, 2.05) is 14.0 Å². The summed E-state index contributed by atoms with van der Waals surface area (Å²) < 4.78 is 0. The Kier molecular flexibility index (Phi) is 5.62. The van der Waals surface area contributed by atoms with Crippen LogP contribution >= 0.6 is 0 Å². The second-order valence-electron chi connectivity index (χ2n) is 6.66. The molecule has 0 radical (unpaired) electrons. The highest BCUT2D eigenvalue weighted by atomic mass is 15.1. The van der Waals surface area contributed by atoms with E-state index in [0.29, 0.717) is 5.41 Å². The molecule has 104 valence electrons. The molecule has 0 spiro atoms. The first-order chi connectivity index (χ1) is 8.41. The van der Waals surface area contributed by atoms with Crippen LogP contribution in [-0.4, -0.2) is 37.1 Å². The molecular weight excluding hydrogens is 222 g/mol. The summed E-state index contributed by atoms with van der Waals surface area (Å²) in [5, 5.41) is 12.2. The van der Waals surface area contributed by atoms with Gasteiger partial charge in [0, 0.05) is 0 Å². The molecule has 3 nitrogen and oxygen atoms in total. The lowest BCUT2D eigenvalue weighted by molar-refractivity contribution is 0.251. The Morgan fingerprint density at radius 1 is 1.33 bits per heavy atom. The van der Waals surface area contributed by atoms with E-state index >= 15 is 0 Å². The normalized spacial score (nSPS) is 23.9. The van der Waals surface area contributed by atoms with Gasteiger partial charge in [-0.25, -0.2) is 0 Å². The fourth-order valence-electron chi connectivity index (χ4n) is 2.60. The van der Waals surface area contributed by atoms with Gasteiger partial charge < -0.3 is 10.2 Å². The maximum absolute atomic E-state index is 9.11. The molecule has 0 aliphatic carbocycles. The van der Waals surface area contributed by atoms with Gasteiger partial charge in [-0.05, 0) is 71.1 Å². The van der Waals surface area contributed by atoms with Crippen LogP contribution in [0.5, 0.6) is 0 Å². The Morgan fingerprint density at radius 3 is 2.67 bits per heavy atom. The van der Waals surface area contributed by atoms with Gasteiger partial charge in [0.1, 0.15) is 5.54 Å². The van der Waals surface area contributed by atoms with Crippen molar-refractivity contribution in [3.05, 3.63) is 0 Å². The van der Waals surface area contributed by atoms with Crippen molar-refractivity contribution in [2.75, 3.05) is 26.7 Å². The highest BCUT2D eigenvalue weighted by molar-refractivity contribution is 5.02. The van der Waals surface area contributed by atoms with Crippen LogP contribution in [-0.2, 0) is 0 Å². The molecule has 1 fully saturated rings. The molecule has 0 amide bonds. The Morgan fingerprint density at radius 2 is 2.06 bits per heavy atom. The summed E-state index contributed by atoms with van der Waals surface area (Å²) in [6.07, 6.45) is 5.99. The van der Waals surface area contributed by atoms with E-state index in [4.69, 9.17) is 5.26 Å². The summed E-state index contributed by atoms with van der Waals surface area (Å²) in [7, 11) is 1.87. The van der Waals surface area contributed by atoms with Crippen LogP contribution in [0.15, 0.2) is 0 Å². The molecule has 1 atom stereocenters. The van der Waals surface area contributed by atoms with E-state index in [-0.39, 0.29) is 5.54 Å². The monoisotopic (exact) mass is 251 g/mol. The standard InChI is InChI=1S/C15H29N3/c1-14(2)7-5-10-18(12-9-14)11-6-8-15(3,13-16)17-4/h17H,5-12H2,1-4H3. The molecule has 1 aliphatic heterocycles. The van der Waals surface area contributed by atoms with Gasteiger partial charge in [-0.1, -0.05) is 13.8 Å². The smallest absolute Gasteiger partial charge is 0.103 e. The van der Waals surface area contributed by atoms with Crippen LogP contribution in [0.4, 0.5) is 0 Å². The minimum Gasteiger partial charge on any atom is -0.303 e. The third kappa shape index (κ3) is 4.96. The van der Waals surface area contributed by atoms with Crippen LogP contribution in [0.25, 0.3) is 0 Å². The Hall–Kier alpha value is -0.590. The molecule has 0 aromatic rings. The minimum absolute atomic E-state index is 0.356. The van der Waals surface area contributed by atoms with E-state index in [0.717, 1.165) is 19.4 Å². The third-order valence-electron chi connectivity index (χ3n) is 4.38. The van der Waals surface area contributed by atoms with Crippen LogP contribution in [0, 0.1) is 16.7 Å². The van der Waals surface area contributed by atoms with Crippen molar-refractivity contribution in [2.45, 2.75) is 58.4 Å². The fourth-order valence-corrected chi connectivity index (χ4v) is 2.60. The van der Waals surface area contributed by atoms with E-state index in [1.54, 1.807) is 0 Å². The summed E-state index contributed by atoms with van der Waals surface area (Å²) in [4.78, 5) is 2.57. The molecule has 1 unspecified atom stereocenters. The zero-order chi connectivity index (χ0) is 13.6. The summed E-state index contributed by atoms with van der Waals surface area (Å²) in [6, 6.07) is 2.36. The fraction of sp³-hybridized carbons (Fsp3) is 0.933. The molecule has 1 rings (SSSR count). The van der Waals surface area contributed by atoms with Gasteiger partial charge in [0.15, 0.2) is 0 Å². The van der Waals surface area contributed by atoms with Gasteiger partial charge in [0.2, 0.25) is 0 Å². The molecule has 0 saturated carbocycles. The molecule has 3 heteroatoms. The lowest BCUT2D eigenvalue weighted by Crippen LogP contribution is -2.39. The van der Waals surface area contributed by atoms with E-state index < -0.39 is 0 Å². The largest absolute Gasteiger partial charge is 0.303 e. The minimum atomic E-state index is -0.356. The van der Waals surface area contributed by atoms with Crippen LogP contribution in [0.1, 0.15) is 52.9 Å². The first-order valence-electron chi connectivity index (χ1n) is 7.23. The number of rotatable bonds is 5. The summed E-state index contributed by atoms with van der Waals surface area (Å²) in [5.74, 6) is 0. The molecular formula is C15H29N3. The summed E-state index contributed by atoms with van der Waals surface area (Å²) in [5.41, 5.74) is 0.159. The van der Waals surface area contributed by atoms with E-state index in [1.165, 1.54) is 32.4 Å². The first-order valence-corrected chi connectivity index (χ1v) is 7.23. The van der Waals surface area contributed by atoms with E-state index in [9.17, 15) is 0 Å². The number of hydrogen-bond acceptors (Lipinski definition) is 3. The maximum atomic E-state index is 9.11. The Balaban J connectivity index is 2.30. The van der Waals surface area contributed by atoms with Gasteiger partial charge >= 0.3 is 0 Å². The molecule has 0 bridgehead atoms. The SMILES string of the molecule is CNC(C)(C#N)CCCN1CCCC(C)(C)CC1. The molecule has 1 aliphatic rings. The Bertz CT molecular complexity index is 293. The lowest BCUT2D eigenvalue weighted by atomic mass is 9.85. The zero-order valence-electron chi connectivity index (χ0n) is 12.6. The lowest BCUT2D eigenvalue weighted by Gasteiger charge is -2.25. The average molecular weight is 251 g/mol. The number of nitriles is 1. The second-order valence-corrected chi connectivity index (χ2v) is 6.66. The second kappa shape index (κ2) is 6.54. The average Bonchev–Trinajstić information content (AvgIpc) is 2.51. The van der Waals surface area contributed by atoms with Crippen molar-refractivity contribution in [1.29, 1.82) is 5.26 Å². The molecule has 0 aromatic carbocycles. The van der Waals surface area contributed by atoms with Crippen LogP contribution in [0.2, 0.25) is 0 Å². The number of likely N-dealkylation sites (tertiary alicyclic amines) is 1. The predicted molar refractivity (Wildman–Crippen MR) is 76.4 cm³/mol. The van der Waals surface area contributed by atoms with Crippen LogP contribution in [0.3, 0.4) is 0 Å². The van der Waals surface area contributed by atoms with Crippen molar-refractivity contribution >= 4 is 0 Å². The predicted octanol–water partition coefficient (Wildman–Crippen LogP) is 2.78. The molecule has 0 aromatic heterocycles. The molecule has 18 heavy (non-hydrogen) atoms. The van der Waals surface area contributed by atoms with Crippen molar-refractivity contribution in [3.63, 3.8) is 0 Å². The number of nitrogens with one attached hydrogen (secondary N) is 1. The quantitative estimate of drug-likeness (QED) is 0.816. The molecule has 1 N–H and O–H groups in total. The van der Waals surface area contributed by atoms with Gasteiger partial charge in [-0.2, -0.15) is 5.26 Å². The highest BCUT2D eigenvalue weighted by Gasteiger charge is 2.24. The molecule has 1 heterocycles. The van der Waals surface area contributed by atoms with Crippen molar-refractivity contribution in [2.24, 2.45) is 5.41 Å². The summed E-state index contributed by atoms with van der Waals surface area (Å²) >= 11 is 0. The van der Waals surface area contributed by atoms with Crippen LogP contribution < -0.4 is 5.32 Å². The third-order valence-corrected chi connectivity index (χ3v) is 4.38. The van der Waals surface area contributed by atoms with Crippen molar-refractivity contribution < 1.29 is 0 Å². The topological polar surface area (TPSA) is 39.1 Å². The van der Waals surface area contributed by atoms with Gasteiger partial charge in [0.25, 0.3) is 0 Å². The maximum Gasteiger partial charge on any atom is 0.103 e. The van der Waals surface area contributed by atoms with Gasteiger partial charge in [-0.3, -0.25) is 0 Å². The number of nitrogens with zero attached hydrogens (tertiary/aromatic N) is 2.